The number of carbonyl (C=O) groups is 1. The lowest BCUT2D eigenvalue weighted by atomic mass is 9.95. The van der Waals surface area contributed by atoms with Crippen LogP contribution in [0.2, 0.25) is 0 Å². The number of nitrogens with one attached hydrogen (secondary N) is 1. The van der Waals surface area contributed by atoms with Gasteiger partial charge in [0, 0.05) is 24.1 Å². The highest BCUT2D eigenvalue weighted by atomic mass is 16.5. The first-order chi connectivity index (χ1) is 12.4. The summed E-state index contributed by atoms with van der Waals surface area (Å²) >= 11 is 0. The molecule has 0 aliphatic rings. The molecule has 0 aliphatic carbocycles. The van der Waals surface area contributed by atoms with Gasteiger partial charge in [-0.2, -0.15) is 0 Å². The van der Waals surface area contributed by atoms with E-state index in [4.69, 9.17) is 4.74 Å². The Morgan fingerprint density at radius 2 is 1.92 bits per heavy atom. The van der Waals surface area contributed by atoms with Gasteiger partial charge in [-0.05, 0) is 65.9 Å². The summed E-state index contributed by atoms with van der Waals surface area (Å²) in [6.07, 6.45) is 1.94. The summed E-state index contributed by atoms with van der Waals surface area (Å²) < 4.78 is 7.44. The molecule has 1 aromatic heterocycles. The first-order valence-electron chi connectivity index (χ1n) is 8.59. The third-order valence-electron chi connectivity index (χ3n) is 4.90. The van der Waals surface area contributed by atoms with E-state index in [9.17, 15) is 4.79 Å². The van der Waals surface area contributed by atoms with E-state index in [1.54, 1.807) is 14.2 Å². The Bertz CT molecular complexity index is 999. The normalized spacial score (nSPS) is 10.8. The second-order valence-corrected chi connectivity index (χ2v) is 6.49. The van der Waals surface area contributed by atoms with E-state index in [1.807, 2.05) is 35.0 Å². The van der Waals surface area contributed by atoms with Gasteiger partial charge in [0.05, 0.1) is 7.11 Å². The molecule has 0 bridgehead atoms. The van der Waals surface area contributed by atoms with Crippen LogP contribution in [-0.2, 0) is 11.3 Å². The van der Waals surface area contributed by atoms with Gasteiger partial charge in [0.2, 0.25) is 5.91 Å². The molecule has 0 fully saturated rings. The molecule has 4 heteroatoms. The van der Waals surface area contributed by atoms with Crippen molar-refractivity contribution in [1.29, 1.82) is 0 Å². The van der Waals surface area contributed by atoms with E-state index in [0.29, 0.717) is 6.54 Å². The topological polar surface area (TPSA) is 43.3 Å². The molecular formula is C22H24N2O2. The van der Waals surface area contributed by atoms with E-state index in [-0.39, 0.29) is 5.91 Å². The van der Waals surface area contributed by atoms with Crippen molar-refractivity contribution in [1.82, 2.24) is 9.88 Å². The lowest BCUT2D eigenvalue weighted by Gasteiger charge is -2.13. The zero-order valence-corrected chi connectivity index (χ0v) is 15.7. The van der Waals surface area contributed by atoms with Crippen LogP contribution in [0.1, 0.15) is 22.3 Å². The molecular weight excluding hydrogens is 324 g/mol. The number of carbonyl (C=O) groups excluding carboxylic acids is 1. The zero-order chi connectivity index (χ0) is 18.8. The van der Waals surface area contributed by atoms with Crippen molar-refractivity contribution in [2.45, 2.75) is 20.4 Å². The molecule has 0 spiro atoms. The third kappa shape index (κ3) is 3.23. The standard InChI is InChI=1S/C22H24N2O2/c1-14-10-19(12-21(26-5)15(14)2)16(3)17-6-7-20-18(11-17)8-9-24(20)13-22(25)23-4/h6-12H,3,13H2,1-2,4-5H3,(H,23,25). The number of hydrogen-bond donors (Lipinski definition) is 1. The lowest BCUT2D eigenvalue weighted by molar-refractivity contribution is -0.121. The van der Waals surface area contributed by atoms with Crippen LogP contribution in [0.25, 0.3) is 16.5 Å². The fourth-order valence-corrected chi connectivity index (χ4v) is 3.14. The van der Waals surface area contributed by atoms with E-state index in [1.165, 1.54) is 5.56 Å². The van der Waals surface area contributed by atoms with Crippen molar-refractivity contribution in [3.63, 3.8) is 0 Å². The van der Waals surface area contributed by atoms with Crippen molar-refractivity contribution in [2.24, 2.45) is 0 Å². The molecule has 1 amide bonds. The van der Waals surface area contributed by atoms with Gasteiger partial charge in [-0.25, -0.2) is 0 Å². The van der Waals surface area contributed by atoms with Crippen LogP contribution >= 0.6 is 0 Å². The number of benzene rings is 2. The summed E-state index contributed by atoms with van der Waals surface area (Å²) in [6.45, 7) is 8.74. The average molecular weight is 348 g/mol. The summed E-state index contributed by atoms with van der Waals surface area (Å²) in [6, 6.07) is 12.4. The van der Waals surface area contributed by atoms with Gasteiger partial charge >= 0.3 is 0 Å². The maximum Gasteiger partial charge on any atom is 0.239 e. The van der Waals surface area contributed by atoms with Gasteiger partial charge in [-0.3, -0.25) is 4.79 Å². The third-order valence-corrected chi connectivity index (χ3v) is 4.90. The number of likely N-dealkylation sites (N-methyl/N-ethyl adjacent to an activating group) is 1. The van der Waals surface area contributed by atoms with Gasteiger partial charge < -0.3 is 14.6 Å². The quantitative estimate of drug-likeness (QED) is 0.755. The van der Waals surface area contributed by atoms with Crippen molar-refractivity contribution in [3.8, 4) is 5.75 Å². The van der Waals surface area contributed by atoms with Crippen LogP contribution < -0.4 is 10.1 Å². The molecule has 3 rings (SSSR count). The molecule has 134 valence electrons. The summed E-state index contributed by atoms with van der Waals surface area (Å²) in [5.41, 5.74) is 6.41. The van der Waals surface area contributed by atoms with Crippen LogP contribution in [-0.4, -0.2) is 24.6 Å². The Balaban J connectivity index is 1.97. The first-order valence-corrected chi connectivity index (χ1v) is 8.59. The molecule has 0 unspecified atom stereocenters. The smallest absolute Gasteiger partial charge is 0.239 e. The molecule has 0 radical (unpaired) electrons. The SMILES string of the molecule is C=C(c1cc(C)c(C)c(OC)c1)c1ccc2c(ccn2CC(=O)NC)c1. The Morgan fingerprint density at radius 3 is 2.62 bits per heavy atom. The van der Waals surface area contributed by atoms with E-state index in [2.05, 4.69) is 37.9 Å². The van der Waals surface area contributed by atoms with Gasteiger partial charge in [-0.1, -0.05) is 18.7 Å². The number of rotatable bonds is 5. The number of ether oxygens (including phenoxy) is 1. The predicted octanol–water partition coefficient (Wildman–Crippen LogP) is 4.07. The minimum Gasteiger partial charge on any atom is -0.496 e. The number of aromatic nitrogens is 1. The van der Waals surface area contributed by atoms with Crippen molar-refractivity contribution >= 4 is 22.4 Å². The van der Waals surface area contributed by atoms with Crippen LogP contribution in [0.4, 0.5) is 0 Å². The highest BCUT2D eigenvalue weighted by Crippen LogP contribution is 2.31. The summed E-state index contributed by atoms with van der Waals surface area (Å²) in [5.74, 6) is 0.858. The lowest BCUT2D eigenvalue weighted by Crippen LogP contribution is -2.22. The molecule has 1 N–H and O–H groups in total. The Morgan fingerprint density at radius 1 is 1.15 bits per heavy atom. The number of methoxy groups -OCH3 is 1. The maximum atomic E-state index is 11.6. The fourth-order valence-electron chi connectivity index (χ4n) is 3.14. The number of hydrogen-bond acceptors (Lipinski definition) is 2. The number of amides is 1. The molecule has 4 nitrogen and oxygen atoms in total. The first kappa shape index (κ1) is 17.8. The minimum atomic E-state index is -0.0155. The molecule has 0 saturated carbocycles. The molecule has 0 atom stereocenters. The monoisotopic (exact) mass is 348 g/mol. The van der Waals surface area contributed by atoms with Crippen LogP contribution in [0.15, 0.2) is 49.2 Å². The van der Waals surface area contributed by atoms with Gasteiger partial charge in [0.25, 0.3) is 0 Å². The molecule has 0 saturated heterocycles. The minimum absolute atomic E-state index is 0.0155. The van der Waals surface area contributed by atoms with Crippen molar-refractivity contribution < 1.29 is 9.53 Å². The molecule has 26 heavy (non-hydrogen) atoms. The van der Waals surface area contributed by atoms with Gasteiger partial charge in [-0.15, -0.1) is 0 Å². The van der Waals surface area contributed by atoms with Crippen molar-refractivity contribution in [3.05, 3.63) is 71.4 Å². The number of fused-ring (bicyclic) bond motifs is 1. The average Bonchev–Trinajstić information content (AvgIpc) is 3.05. The van der Waals surface area contributed by atoms with Crippen LogP contribution in [0, 0.1) is 13.8 Å². The van der Waals surface area contributed by atoms with Crippen molar-refractivity contribution in [2.75, 3.05) is 14.2 Å². The Kier molecular flexibility index (Phi) is 4.85. The summed E-state index contributed by atoms with van der Waals surface area (Å²) in [7, 11) is 3.34. The molecule has 1 heterocycles. The Hall–Kier alpha value is -3.01. The highest BCUT2D eigenvalue weighted by Gasteiger charge is 2.11. The second kappa shape index (κ2) is 7.08. The zero-order valence-electron chi connectivity index (χ0n) is 15.7. The largest absolute Gasteiger partial charge is 0.496 e. The summed E-state index contributed by atoms with van der Waals surface area (Å²) in [5, 5.41) is 3.74. The van der Waals surface area contributed by atoms with Crippen LogP contribution in [0.5, 0.6) is 5.75 Å². The van der Waals surface area contributed by atoms with Gasteiger partial charge in [0.1, 0.15) is 12.3 Å². The second-order valence-electron chi connectivity index (χ2n) is 6.49. The molecule has 0 aliphatic heterocycles. The van der Waals surface area contributed by atoms with Crippen LogP contribution in [0.3, 0.4) is 0 Å². The van der Waals surface area contributed by atoms with E-state index >= 15 is 0 Å². The van der Waals surface area contributed by atoms with Gasteiger partial charge in [0.15, 0.2) is 0 Å². The maximum absolute atomic E-state index is 11.6. The fraction of sp³-hybridized carbons (Fsp3) is 0.227. The molecule has 3 aromatic rings. The summed E-state index contributed by atoms with van der Waals surface area (Å²) in [4.78, 5) is 11.6. The predicted molar refractivity (Wildman–Crippen MR) is 107 cm³/mol. The molecule has 2 aromatic carbocycles. The van der Waals surface area contributed by atoms with E-state index in [0.717, 1.165) is 38.9 Å². The Labute approximate surface area is 154 Å². The number of nitrogens with zero attached hydrogens (tertiary/aromatic N) is 1. The highest BCUT2D eigenvalue weighted by molar-refractivity contribution is 5.89. The number of aryl methyl sites for hydroxylation is 1. The van der Waals surface area contributed by atoms with E-state index < -0.39 is 0 Å².